The topological polar surface area (TPSA) is 66.9 Å². The van der Waals surface area contributed by atoms with Crippen LogP contribution in [-0.4, -0.2) is 19.8 Å². The number of carbonyl (C=O) groups is 1. The first-order valence-electron chi connectivity index (χ1n) is 6.22. The number of nitrogens with one attached hydrogen (secondary N) is 2. The molecular weight excluding hydrogens is 323 g/mol. The van der Waals surface area contributed by atoms with Crippen LogP contribution in [0.25, 0.3) is 11.0 Å². The Kier molecular flexibility index (Phi) is 4.03. The smallest absolute Gasteiger partial charge is 0.257 e. The van der Waals surface area contributed by atoms with Gasteiger partial charge in [0, 0.05) is 11.3 Å². The average molecular weight is 332 g/mol. The summed E-state index contributed by atoms with van der Waals surface area (Å²) < 4.78 is 21.0. The van der Waals surface area contributed by atoms with Crippen molar-refractivity contribution < 1.29 is 9.18 Å². The third-order valence-corrected chi connectivity index (χ3v) is 3.61. The minimum absolute atomic E-state index is 0.133. The van der Waals surface area contributed by atoms with Gasteiger partial charge in [0.15, 0.2) is 5.11 Å². The number of anilines is 1. The van der Waals surface area contributed by atoms with Gasteiger partial charge in [-0.15, -0.1) is 0 Å². The summed E-state index contributed by atoms with van der Waals surface area (Å²) in [5.41, 5.74) is 2.43. The Labute approximate surface area is 134 Å². The largest absolute Gasteiger partial charge is 0.332 e. The van der Waals surface area contributed by atoms with Crippen LogP contribution >= 0.6 is 23.9 Å². The van der Waals surface area contributed by atoms with E-state index in [2.05, 4.69) is 19.4 Å². The zero-order valence-corrected chi connectivity index (χ0v) is 12.7. The van der Waals surface area contributed by atoms with Gasteiger partial charge in [0.25, 0.3) is 5.91 Å². The second kappa shape index (κ2) is 6.12. The van der Waals surface area contributed by atoms with Gasteiger partial charge < -0.3 is 5.32 Å². The Morgan fingerprint density at radius 3 is 2.59 bits per heavy atom. The number of halogens is 1. The maximum absolute atomic E-state index is 12.8. The molecule has 0 aliphatic heterocycles. The summed E-state index contributed by atoms with van der Waals surface area (Å²) in [6.45, 7) is 0. The van der Waals surface area contributed by atoms with E-state index in [9.17, 15) is 9.18 Å². The highest BCUT2D eigenvalue weighted by molar-refractivity contribution is 7.80. The Bertz CT molecular complexity index is 847. The van der Waals surface area contributed by atoms with Crippen molar-refractivity contribution in [3.8, 4) is 0 Å². The van der Waals surface area contributed by atoms with Gasteiger partial charge in [-0.3, -0.25) is 10.1 Å². The first kappa shape index (κ1) is 14.5. The van der Waals surface area contributed by atoms with Crippen molar-refractivity contribution in [2.75, 3.05) is 5.32 Å². The van der Waals surface area contributed by atoms with E-state index >= 15 is 0 Å². The number of rotatable bonds is 2. The van der Waals surface area contributed by atoms with Crippen molar-refractivity contribution in [2.24, 2.45) is 0 Å². The van der Waals surface area contributed by atoms with Crippen molar-refractivity contribution in [1.29, 1.82) is 0 Å². The fourth-order valence-corrected chi connectivity index (χ4v) is 2.52. The van der Waals surface area contributed by atoms with Crippen molar-refractivity contribution in [1.82, 2.24) is 14.1 Å². The molecule has 110 valence electrons. The number of hydrogen-bond donors (Lipinski definition) is 2. The molecule has 2 N–H and O–H groups in total. The summed E-state index contributed by atoms with van der Waals surface area (Å²) in [7, 11) is 0. The van der Waals surface area contributed by atoms with E-state index in [-0.39, 0.29) is 16.8 Å². The molecule has 2 aromatic carbocycles. The standard InChI is InChI=1S/C14H9FN4OS2/c15-9-2-4-10(5-3-9)16-14(21)17-13(20)8-1-6-11-12(7-8)19-22-18-11/h1-7H,(H2,16,17,20,21). The molecule has 1 amide bonds. The third kappa shape index (κ3) is 3.23. The molecule has 0 bridgehead atoms. The minimum atomic E-state index is -0.352. The number of amides is 1. The maximum atomic E-state index is 12.8. The number of carbonyl (C=O) groups excluding carboxylic acids is 1. The van der Waals surface area contributed by atoms with Crippen molar-refractivity contribution >= 4 is 51.7 Å². The van der Waals surface area contributed by atoms with E-state index in [4.69, 9.17) is 12.2 Å². The quantitative estimate of drug-likeness (QED) is 0.706. The lowest BCUT2D eigenvalue weighted by molar-refractivity contribution is 0.0978. The van der Waals surface area contributed by atoms with E-state index < -0.39 is 0 Å². The molecule has 0 radical (unpaired) electrons. The predicted octanol–water partition coefficient (Wildman–Crippen LogP) is 2.96. The molecule has 0 saturated carbocycles. The van der Waals surface area contributed by atoms with Crippen molar-refractivity contribution in [2.45, 2.75) is 0 Å². The summed E-state index contributed by atoms with van der Waals surface area (Å²) in [5, 5.41) is 5.50. The number of fused-ring (bicyclic) bond motifs is 1. The molecule has 0 atom stereocenters. The van der Waals surface area contributed by atoms with Crippen LogP contribution in [0.5, 0.6) is 0 Å². The molecule has 5 nitrogen and oxygen atoms in total. The Hall–Kier alpha value is -2.45. The summed E-state index contributed by atoms with van der Waals surface area (Å²) >= 11 is 6.15. The van der Waals surface area contributed by atoms with Crippen LogP contribution in [0.2, 0.25) is 0 Å². The summed E-state index contributed by atoms with van der Waals surface area (Å²) in [6, 6.07) is 10.7. The minimum Gasteiger partial charge on any atom is -0.332 e. The molecule has 0 aliphatic carbocycles. The van der Waals surface area contributed by atoms with Gasteiger partial charge in [-0.2, -0.15) is 8.75 Å². The summed E-state index contributed by atoms with van der Waals surface area (Å²) in [4.78, 5) is 12.1. The molecule has 3 aromatic rings. The predicted molar refractivity (Wildman–Crippen MR) is 87.5 cm³/mol. The number of hydrogen-bond acceptors (Lipinski definition) is 5. The van der Waals surface area contributed by atoms with Gasteiger partial charge in [-0.25, -0.2) is 4.39 Å². The molecule has 0 saturated heterocycles. The van der Waals surface area contributed by atoms with Crippen molar-refractivity contribution in [3.63, 3.8) is 0 Å². The van der Waals surface area contributed by atoms with Gasteiger partial charge in [0.2, 0.25) is 0 Å². The Morgan fingerprint density at radius 1 is 1.09 bits per heavy atom. The van der Waals surface area contributed by atoms with E-state index in [1.807, 2.05) is 0 Å². The Morgan fingerprint density at radius 2 is 1.82 bits per heavy atom. The molecule has 0 spiro atoms. The van der Waals surface area contributed by atoms with Crippen LogP contribution < -0.4 is 10.6 Å². The number of thiocarbonyl (C=S) groups is 1. The molecular formula is C14H9FN4OS2. The SMILES string of the molecule is O=C(NC(=S)Nc1ccc(F)cc1)c1ccc2nsnc2c1. The van der Waals surface area contributed by atoms with Crippen LogP contribution in [0, 0.1) is 5.82 Å². The van der Waals surface area contributed by atoms with E-state index in [0.717, 1.165) is 17.2 Å². The van der Waals surface area contributed by atoms with E-state index in [1.165, 1.54) is 24.3 Å². The fraction of sp³-hybridized carbons (Fsp3) is 0. The molecule has 1 heterocycles. The number of nitrogens with zero attached hydrogens (tertiary/aromatic N) is 2. The van der Waals surface area contributed by atoms with Gasteiger partial charge in [0.05, 0.1) is 11.7 Å². The van der Waals surface area contributed by atoms with Gasteiger partial charge in [-0.1, -0.05) is 0 Å². The number of benzene rings is 2. The highest BCUT2D eigenvalue weighted by Crippen LogP contribution is 2.13. The zero-order valence-electron chi connectivity index (χ0n) is 11.0. The summed E-state index contributed by atoms with van der Waals surface area (Å²) in [6.07, 6.45) is 0. The molecule has 8 heteroatoms. The first-order chi connectivity index (χ1) is 10.6. The van der Waals surface area contributed by atoms with Crippen LogP contribution in [0.15, 0.2) is 42.5 Å². The van der Waals surface area contributed by atoms with E-state index in [1.54, 1.807) is 18.2 Å². The van der Waals surface area contributed by atoms with Gasteiger partial charge in [-0.05, 0) is 54.7 Å². The van der Waals surface area contributed by atoms with Crippen LogP contribution in [-0.2, 0) is 0 Å². The lowest BCUT2D eigenvalue weighted by Crippen LogP contribution is -2.34. The van der Waals surface area contributed by atoms with Gasteiger partial charge >= 0.3 is 0 Å². The second-order valence-corrected chi connectivity index (χ2v) is 5.32. The average Bonchev–Trinajstić information content (AvgIpc) is 2.97. The van der Waals surface area contributed by atoms with Crippen LogP contribution in [0.4, 0.5) is 10.1 Å². The molecule has 0 aliphatic rings. The lowest BCUT2D eigenvalue weighted by atomic mass is 10.2. The zero-order chi connectivity index (χ0) is 15.5. The first-order valence-corrected chi connectivity index (χ1v) is 7.36. The highest BCUT2D eigenvalue weighted by Gasteiger charge is 2.10. The fourth-order valence-electron chi connectivity index (χ4n) is 1.79. The highest BCUT2D eigenvalue weighted by atomic mass is 32.1. The molecule has 3 rings (SSSR count). The third-order valence-electron chi connectivity index (χ3n) is 2.85. The second-order valence-electron chi connectivity index (χ2n) is 4.38. The lowest BCUT2D eigenvalue weighted by Gasteiger charge is -2.09. The van der Waals surface area contributed by atoms with Crippen LogP contribution in [0.1, 0.15) is 10.4 Å². The summed E-state index contributed by atoms with van der Waals surface area (Å²) in [5.74, 6) is -0.694. The molecule has 0 fully saturated rings. The van der Waals surface area contributed by atoms with Crippen LogP contribution in [0.3, 0.4) is 0 Å². The molecule has 1 aromatic heterocycles. The Balaban J connectivity index is 1.67. The molecule has 22 heavy (non-hydrogen) atoms. The maximum Gasteiger partial charge on any atom is 0.257 e. The van der Waals surface area contributed by atoms with Gasteiger partial charge in [0.1, 0.15) is 16.9 Å². The van der Waals surface area contributed by atoms with E-state index in [0.29, 0.717) is 16.8 Å². The van der Waals surface area contributed by atoms with Crippen molar-refractivity contribution in [3.05, 3.63) is 53.8 Å². The number of aromatic nitrogens is 2. The normalized spacial score (nSPS) is 10.4. The monoisotopic (exact) mass is 332 g/mol. The molecule has 0 unspecified atom stereocenters.